The van der Waals surface area contributed by atoms with Gasteiger partial charge in [0.1, 0.15) is 0 Å². The van der Waals surface area contributed by atoms with Gasteiger partial charge in [0.25, 0.3) is 0 Å². The van der Waals surface area contributed by atoms with Gasteiger partial charge in [-0.3, -0.25) is 0 Å². The second-order valence-electron chi connectivity index (χ2n) is 6.33. The van der Waals surface area contributed by atoms with Crippen LogP contribution in [0.4, 0.5) is 5.69 Å². The summed E-state index contributed by atoms with van der Waals surface area (Å²) in [5.74, 6) is -0.452. The average molecular weight is 405 g/mol. The predicted octanol–water partition coefficient (Wildman–Crippen LogP) is 5.57. The van der Waals surface area contributed by atoms with Gasteiger partial charge in [0, 0.05) is 5.69 Å². The first-order valence-electron chi connectivity index (χ1n) is 8.97. The van der Waals surface area contributed by atoms with Crippen LogP contribution in [0.25, 0.3) is 0 Å². The van der Waals surface area contributed by atoms with Crippen LogP contribution in [0, 0.1) is 13.8 Å². The highest BCUT2D eigenvalue weighted by atomic mass is 35.5. The molecule has 0 radical (unpaired) electrons. The van der Waals surface area contributed by atoms with Gasteiger partial charge in [-0.15, -0.1) is 0 Å². The fraction of sp³-hybridized carbons (Fsp3) is 0.333. The van der Waals surface area contributed by atoms with Crippen LogP contribution in [0.3, 0.4) is 0 Å². The molecule has 0 amide bonds. The van der Waals surface area contributed by atoms with Gasteiger partial charge in [-0.2, -0.15) is 0 Å². The third-order valence-electron chi connectivity index (χ3n) is 4.23. The maximum atomic E-state index is 12.0. The Morgan fingerprint density at radius 3 is 2.56 bits per heavy atom. The third kappa shape index (κ3) is 5.68. The van der Waals surface area contributed by atoms with E-state index < -0.39 is 5.97 Å². The number of carbonyl (C=O) groups excluding carboxylic acids is 1. The number of hydrogen-bond acceptors (Lipinski definition) is 3. The lowest BCUT2D eigenvalue weighted by atomic mass is 9.98. The van der Waals surface area contributed by atoms with Crippen LogP contribution in [0.15, 0.2) is 36.4 Å². The van der Waals surface area contributed by atoms with Gasteiger partial charge in [-0.1, -0.05) is 42.3 Å². The van der Waals surface area contributed by atoms with Crippen molar-refractivity contribution in [2.24, 2.45) is 0 Å². The number of esters is 1. The van der Waals surface area contributed by atoms with Crippen molar-refractivity contribution in [1.82, 2.24) is 5.32 Å². The van der Waals surface area contributed by atoms with Crippen molar-refractivity contribution >= 4 is 40.6 Å². The molecule has 4 nitrogen and oxygen atoms in total. The summed E-state index contributed by atoms with van der Waals surface area (Å²) < 4.78 is 5.03. The van der Waals surface area contributed by atoms with E-state index in [1.54, 1.807) is 25.1 Å². The lowest BCUT2D eigenvalue weighted by molar-refractivity contribution is 0.0526. The summed E-state index contributed by atoms with van der Waals surface area (Å²) >= 11 is 11.6. The number of thiocarbonyl (C=S) groups is 1. The first kappa shape index (κ1) is 21.2. The number of benzene rings is 2. The molecular formula is C21H25ClN2O2S. The normalized spacial score (nSPS) is 11.6. The molecule has 0 heterocycles. The highest BCUT2D eigenvalue weighted by Crippen LogP contribution is 2.24. The Balaban J connectivity index is 2.12. The number of carbonyl (C=O) groups is 1. The van der Waals surface area contributed by atoms with Crippen molar-refractivity contribution in [1.29, 1.82) is 0 Å². The molecule has 0 saturated carbocycles. The molecule has 0 bridgehead atoms. The number of halogens is 1. The van der Waals surface area contributed by atoms with Crippen molar-refractivity contribution < 1.29 is 9.53 Å². The molecule has 0 spiro atoms. The fourth-order valence-corrected chi connectivity index (χ4v) is 3.36. The largest absolute Gasteiger partial charge is 0.462 e. The second-order valence-corrected chi connectivity index (χ2v) is 7.15. The van der Waals surface area contributed by atoms with Crippen LogP contribution >= 0.6 is 23.8 Å². The minimum atomic E-state index is -0.452. The maximum Gasteiger partial charge on any atom is 0.339 e. The second kappa shape index (κ2) is 9.72. The van der Waals surface area contributed by atoms with Crippen LogP contribution in [0.5, 0.6) is 0 Å². The van der Waals surface area contributed by atoms with Crippen molar-refractivity contribution in [3.05, 3.63) is 63.7 Å². The van der Waals surface area contributed by atoms with Gasteiger partial charge in [0.05, 0.1) is 23.2 Å². The minimum Gasteiger partial charge on any atom is -0.462 e. The van der Waals surface area contributed by atoms with E-state index >= 15 is 0 Å². The predicted molar refractivity (Wildman–Crippen MR) is 116 cm³/mol. The Bertz CT molecular complexity index is 839. The molecule has 0 aliphatic heterocycles. The monoisotopic (exact) mass is 404 g/mol. The Morgan fingerprint density at radius 1 is 1.19 bits per heavy atom. The zero-order valence-corrected chi connectivity index (χ0v) is 17.6. The van der Waals surface area contributed by atoms with Crippen LogP contribution in [0.1, 0.15) is 53.4 Å². The molecule has 0 aliphatic carbocycles. The lowest BCUT2D eigenvalue weighted by Gasteiger charge is -2.22. The van der Waals surface area contributed by atoms with E-state index in [9.17, 15) is 4.79 Å². The molecule has 0 aromatic heterocycles. The summed E-state index contributed by atoms with van der Waals surface area (Å²) in [7, 11) is 0. The van der Waals surface area contributed by atoms with E-state index in [1.165, 1.54) is 16.7 Å². The van der Waals surface area contributed by atoms with E-state index in [0.29, 0.717) is 28.0 Å². The van der Waals surface area contributed by atoms with Gasteiger partial charge >= 0.3 is 5.97 Å². The first-order valence-corrected chi connectivity index (χ1v) is 9.75. The van der Waals surface area contributed by atoms with Gasteiger partial charge < -0.3 is 15.4 Å². The SMILES string of the molecule is CCOC(=O)c1cc(NC(=S)NC(CC)c2ccc(C)cc2C)ccc1Cl. The van der Waals surface area contributed by atoms with Crippen molar-refractivity contribution in [3.8, 4) is 0 Å². The summed E-state index contributed by atoms with van der Waals surface area (Å²) in [5.41, 5.74) is 4.67. The van der Waals surface area contributed by atoms with E-state index in [2.05, 4.69) is 49.6 Å². The van der Waals surface area contributed by atoms with E-state index in [-0.39, 0.29) is 6.04 Å². The Labute approximate surface area is 171 Å². The van der Waals surface area contributed by atoms with Gasteiger partial charge in [-0.05, 0) is 68.7 Å². The van der Waals surface area contributed by atoms with Crippen LogP contribution in [-0.2, 0) is 4.74 Å². The standard InChI is InChI=1S/C21H25ClN2O2S/c1-5-19(16-9-7-13(3)11-14(16)4)24-21(27)23-15-8-10-18(22)17(12-15)20(25)26-6-2/h7-12,19H,5-6H2,1-4H3,(H2,23,24,27). The summed E-state index contributed by atoms with van der Waals surface area (Å²) in [4.78, 5) is 12.0. The smallest absolute Gasteiger partial charge is 0.339 e. The topological polar surface area (TPSA) is 50.4 Å². The van der Waals surface area contributed by atoms with Crippen LogP contribution in [0.2, 0.25) is 5.02 Å². The molecule has 2 N–H and O–H groups in total. The average Bonchev–Trinajstić information content (AvgIpc) is 2.62. The Morgan fingerprint density at radius 2 is 1.93 bits per heavy atom. The van der Waals surface area contributed by atoms with Gasteiger partial charge in [0.15, 0.2) is 5.11 Å². The summed E-state index contributed by atoms with van der Waals surface area (Å²) in [6, 6.07) is 11.6. The Kier molecular flexibility index (Phi) is 7.63. The van der Waals surface area contributed by atoms with Gasteiger partial charge in [0.2, 0.25) is 0 Å². The van der Waals surface area contributed by atoms with Crippen molar-refractivity contribution in [3.63, 3.8) is 0 Å². The lowest BCUT2D eigenvalue weighted by Crippen LogP contribution is -2.32. The molecular weight excluding hydrogens is 380 g/mol. The summed E-state index contributed by atoms with van der Waals surface area (Å²) in [5, 5.41) is 7.31. The molecule has 27 heavy (non-hydrogen) atoms. The number of rotatable bonds is 6. The molecule has 1 atom stereocenters. The fourth-order valence-electron chi connectivity index (χ4n) is 2.91. The quantitative estimate of drug-likeness (QED) is 0.486. The number of ether oxygens (including phenoxy) is 1. The van der Waals surface area contributed by atoms with Crippen LogP contribution in [-0.4, -0.2) is 17.7 Å². The number of anilines is 1. The van der Waals surface area contributed by atoms with Gasteiger partial charge in [-0.25, -0.2) is 4.79 Å². The third-order valence-corrected chi connectivity index (χ3v) is 4.78. The molecule has 0 fully saturated rings. The number of nitrogens with one attached hydrogen (secondary N) is 2. The number of hydrogen-bond donors (Lipinski definition) is 2. The van der Waals surface area contributed by atoms with Crippen LogP contribution < -0.4 is 10.6 Å². The summed E-state index contributed by atoms with van der Waals surface area (Å²) in [6.07, 6.45) is 0.889. The molecule has 2 aromatic carbocycles. The van der Waals surface area contributed by atoms with Crippen molar-refractivity contribution in [2.75, 3.05) is 11.9 Å². The highest BCUT2D eigenvalue weighted by molar-refractivity contribution is 7.80. The molecule has 2 aromatic rings. The van der Waals surface area contributed by atoms with E-state index in [0.717, 1.165) is 6.42 Å². The minimum absolute atomic E-state index is 0.0995. The molecule has 1 unspecified atom stereocenters. The molecule has 2 rings (SSSR count). The molecule has 144 valence electrons. The zero-order chi connectivity index (χ0) is 20.0. The molecule has 6 heteroatoms. The zero-order valence-electron chi connectivity index (χ0n) is 16.1. The molecule has 0 aliphatic rings. The first-order chi connectivity index (χ1) is 12.8. The highest BCUT2D eigenvalue weighted by Gasteiger charge is 2.15. The summed E-state index contributed by atoms with van der Waals surface area (Å²) in [6.45, 7) is 8.35. The van der Waals surface area contributed by atoms with E-state index in [1.807, 2.05) is 0 Å². The maximum absolute atomic E-state index is 12.0. The molecule has 0 saturated heterocycles. The van der Waals surface area contributed by atoms with E-state index in [4.69, 9.17) is 28.6 Å². The number of aryl methyl sites for hydroxylation is 2. The Hall–Kier alpha value is -2.11. The van der Waals surface area contributed by atoms with Crippen molar-refractivity contribution in [2.45, 2.75) is 40.2 Å².